The highest BCUT2D eigenvalue weighted by Gasteiger charge is 1.88. The van der Waals surface area contributed by atoms with E-state index < -0.39 is 0 Å². The van der Waals surface area contributed by atoms with E-state index in [2.05, 4.69) is 30.9 Å². The van der Waals surface area contributed by atoms with E-state index in [-0.39, 0.29) is 6.61 Å². The van der Waals surface area contributed by atoms with E-state index in [1.54, 1.807) is 0 Å². The lowest BCUT2D eigenvalue weighted by molar-refractivity contribution is 0.350. The van der Waals surface area contributed by atoms with Gasteiger partial charge in [-0.15, -0.1) is 0 Å². The molecule has 0 aliphatic carbocycles. The van der Waals surface area contributed by atoms with Crippen molar-refractivity contribution >= 4 is 0 Å². The molecule has 0 amide bonds. The van der Waals surface area contributed by atoms with Crippen LogP contribution in [0.15, 0.2) is 24.3 Å². The molecule has 0 atom stereocenters. The Hall–Kier alpha value is -1.26. The predicted molar refractivity (Wildman–Crippen MR) is 49.7 cm³/mol. The highest BCUT2D eigenvalue weighted by Crippen LogP contribution is 2.03. The van der Waals surface area contributed by atoms with Crippen LogP contribution in [0.1, 0.15) is 11.1 Å². The van der Waals surface area contributed by atoms with Gasteiger partial charge in [-0.05, 0) is 12.5 Å². The third-order valence-corrected chi connectivity index (χ3v) is 1.58. The molecule has 0 aromatic heterocycles. The van der Waals surface area contributed by atoms with Gasteiger partial charge in [0, 0.05) is 6.42 Å². The molecule has 0 aliphatic heterocycles. The van der Waals surface area contributed by atoms with Gasteiger partial charge in [-0.3, -0.25) is 0 Å². The second kappa shape index (κ2) is 4.58. The first-order valence-electron chi connectivity index (χ1n) is 3.95. The molecule has 0 radical (unpaired) electrons. The molecule has 0 heterocycles. The van der Waals surface area contributed by atoms with E-state index in [1.807, 2.05) is 12.1 Å². The topological polar surface area (TPSA) is 20.2 Å². The summed E-state index contributed by atoms with van der Waals surface area (Å²) in [7, 11) is 0. The normalized spacial score (nSPS) is 8.83. The van der Waals surface area contributed by atoms with Crippen LogP contribution in [0, 0.1) is 18.8 Å². The van der Waals surface area contributed by atoms with Crippen molar-refractivity contribution in [3.63, 3.8) is 0 Å². The predicted octanol–water partition coefficient (Wildman–Crippen LogP) is 1.53. The summed E-state index contributed by atoms with van der Waals surface area (Å²) >= 11 is 0. The van der Waals surface area contributed by atoms with Gasteiger partial charge in [-0.2, -0.15) is 0 Å². The second-order valence-corrected chi connectivity index (χ2v) is 2.68. The van der Waals surface area contributed by atoms with Gasteiger partial charge in [-0.1, -0.05) is 41.7 Å². The van der Waals surface area contributed by atoms with Crippen LogP contribution in [0.3, 0.4) is 0 Å². The number of hydrogen-bond donors (Lipinski definition) is 1. The lowest BCUT2D eigenvalue weighted by Crippen LogP contribution is -1.82. The maximum Gasteiger partial charge on any atom is 0.104 e. The Labute approximate surface area is 73.0 Å². The van der Waals surface area contributed by atoms with Gasteiger partial charge in [0.15, 0.2) is 0 Å². The molecule has 0 bridgehead atoms. The van der Waals surface area contributed by atoms with Gasteiger partial charge in [0.25, 0.3) is 0 Å². The minimum absolute atomic E-state index is 0.0498. The average molecular weight is 160 g/mol. The quantitative estimate of drug-likeness (QED) is 0.618. The summed E-state index contributed by atoms with van der Waals surface area (Å²) in [5.41, 5.74) is 2.45. The minimum Gasteiger partial charge on any atom is -0.384 e. The van der Waals surface area contributed by atoms with Gasteiger partial charge >= 0.3 is 0 Å². The molecule has 12 heavy (non-hydrogen) atoms. The Balaban J connectivity index is 2.63. The Morgan fingerprint density at radius 1 is 1.33 bits per heavy atom. The molecule has 62 valence electrons. The summed E-state index contributed by atoms with van der Waals surface area (Å²) in [5, 5.41) is 8.43. The van der Waals surface area contributed by atoms with E-state index in [1.165, 1.54) is 11.1 Å². The molecule has 1 rings (SSSR count). The van der Waals surface area contributed by atoms with Crippen LogP contribution in [0.5, 0.6) is 0 Å². The summed E-state index contributed by atoms with van der Waals surface area (Å²) in [6.07, 6.45) is 0.724. The summed E-state index contributed by atoms with van der Waals surface area (Å²) in [6, 6.07) is 8.22. The smallest absolute Gasteiger partial charge is 0.104 e. The van der Waals surface area contributed by atoms with E-state index in [9.17, 15) is 0 Å². The van der Waals surface area contributed by atoms with Crippen molar-refractivity contribution < 1.29 is 5.11 Å². The zero-order valence-electron chi connectivity index (χ0n) is 7.17. The van der Waals surface area contributed by atoms with Crippen molar-refractivity contribution in [2.24, 2.45) is 0 Å². The fourth-order valence-corrected chi connectivity index (χ4v) is 1.04. The fraction of sp³-hybridized carbons (Fsp3) is 0.273. The molecule has 0 spiro atoms. The largest absolute Gasteiger partial charge is 0.384 e. The Morgan fingerprint density at radius 3 is 2.83 bits per heavy atom. The van der Waals surface area contributed by atoms with Crippen molar-refractivity contribution in [3.05, 3.63) is 35.4 Å². The third-order valence-electron chi connectivity index (χ3n) is 1.58. The molecular formula is C11H12O. The van der Waals surface area contributed by atoms with Crippen LogP contribution in [0.4, 0.5) is 0 Å². The number of benzene rings is 1. The Kier molecular flexibility index (Phi) is 3.37. The Morgan fingerprint density at radius 2 is 2.17 bits per heavy atom. The molecule has 1 aromatic rings. The Bertz CT molecular complexity index is 304. The molecule has 1 nitrogen and oxygen atoms in total. The zero-order valence-corrected chi connectivity index (χ0v) is 7.17. The lowest BCUT2D eigenvalue weighted by atomic mass is 10.1. The number of rotatable bonds is 1. The molecule has 0 unspecified atom stereocenters. The first-order chi connectivity index (χ1) is 5.83. The maximum atomic E-state index is 8.43. The zero-order chi connectivity index (χ0) is 8.81. The molecule has 0 fully saturated rings. The first kappa shape index (κ1) is 8.83. The number of aryl methyl sites for hydroxylation is 1. The van der Waals surface area contributed by atoms with Crippen LogP contribution in [-0.2, 0) is 6.42 Å². The summed E-state index contributed by atoms with van der Waals surface area (Å²) < 4.78 is 0. The first-order valence-corrected chi connectivity index (χ1v) is 3.95. The van der Waals surface area contributed by atoms with Gasteiger partial charge in [0.05, 0.1) is 0 Å². The highest BCUT2D eigenvalue weighted by molar-refractivity contribution is 5.25. The van der Waals surface area contributed by atoms with Gasteiger partial charge in [0.2, 0.25) is 0 Å². The minimum atomic E-state index is -0.0498. The summed E-state index contributed by atoms with van der Waals surface area (Å²) in [4.78, 5) is 0. The van der Waals surface area contributed by atoms with Gasteiger partial charge < -0.3 is 5.11 Å². The van der Waals surface area contributed by atoms with E-state index in [0.29, 0.717) is 0 Å². The number of aliphatic hydroxyl groups is 1. The van der Waals surface area contributed by atoms with Crippen LogP contribution in [-0.4, -0.2) is 11.7 Å². The van der Waals surface area contributed by atoms with Crippen molar-refractivity contribution in [2.75, 3.05) is 6.61 Å². The molecular weight excluding hydrogens is 148 g/mol. The van der Waals surface area contributed by atoms with Crippen molar-refractivity contribution in [3.8, 4) is 11.8 Å². The molecule has 1 heteroatoms. The third kappa shape index (κ3) is 2.77. The monoisotopic (exact) mass is 160 g/mol. The summed E-state index contributed by atoms with van der Waals surface area (Å²) in [6.45, 7) is 2.01. The van der Waals surface area contributed by atoms with Crippen LogP contribution >= 0.6 is 0 Å². The molecule has 0 saturated heterocycles. The van der Waals surface area contributed by atoms with Gasteiger partial charge in [-0.25, -0.2) is 0 Å². The molecule has 0 aliphatic rings. The maximum absolute atomic E-state index is 8.43. The molecule has 0 saturated carbocycles. The standard InChI is InChI=1S/C11H12O/c1-10-5-4-7-11(9-10)6-2-3-8-12/h4-5,7,9,12H,6,8H2,1H3. The van der Waals surface area contributed by atoms with Crippen molar-refractivity contribution in [1.29, 1.82) is 0 Å². The highest BCUT2D eigenvalue weighted by atomic mass is 16.2. The average Bonchev–Trinajstić information content (AvgIpc) is 2.05. The summed E-state index contributed by atoms with van der Waals surface area (Å²) in [5.74, 6) is 5.50. The molecule has 1 aromatic carbocycles. The number of hydrogen-bond acceptors (Lipinski definition) is 1. The SMILES string of the molecule is Cc1cccc(CC#CCO)c1. The van der Waals surface area contributed by atoms with E-state index in [4.69, 9.17) is 5.11 Å². The fourth-order valence-electron chi connectivity index (χ4n) is 1.04. The van der Waals surface area contributed by atoms with Gasteiger partial charge in [0.1, 0.15) is 6.61 Å². The van der Waals surface area contributed by atoms with Crippen LogP contribution in [0.25, 0.3) is 0 Å². The second-order valence-electron chi connectivity index (χ2n) is 2.68. The lowest BCUT2D eigenvalue weighted by Gasteiger charge is -1.95. The van der Waals surface area contributed by atoms with E-state index >= 15 is 0 Å². The van der Waals surface area contributed by atoms with Crippen molar-refractivity contribution in [1.82, 2.24) is 0 Å². The van der Waals surface area contributed by atoms with Crippen LogP contribution < -0.4 is 0 Å². The van der Waals surface area contributed by atoms with E-state index in [0.717, 1.165) is 6.42 Å². The number of aliphatic hydroxyl groups excluding tert-OH is 1. The van der Waals surface area contributed by atoms with Crippen LogP contribution in [0.2, 0.25) is 0 Å². The molecule has 1 N–H and O–H groups in total. The van der Waals surface area contributed by atoms with Crippen molar-refractivity contribution in [2.45, 2.75) is 13.3 Å².